The summed E-state index contributed by atoms with van der Waals surface area (Å²) in [6, 6.07) is 0. The molecule has 0 heterocycles. The molecule has 0 fully saturated rings. The number of amides is 1. The molecule has 0 rings (SSSR count). The van der Waals surface area contributed by atoms with Crippen LogP contribution in [0, 0.1) is 17.8 Å². The van der Waals surface area contributed by atoms with Crippen LogP contribution in [-0.4, -0.2) is 17.5 Å². The lowest BCUT2D eigenvalue weighted by Gasteiger charge is -2.27. The van der Waals surface area contributed by atoms with Gasteiger partial charge in [0.05, 0.1) is 0 Å². The van der Waals surface area contributed by atoms with Crippen molar-refractivity contribution in [2.75, 3.05) is 6.54 Å². The third-order valence-corrected chi connectivity index (χ3v) is 3.31. The van der Waals surface area contributed by atoms with Gasteiger partial charge in [0, 0.05) is 13.0 Å². The molecule has 16 heavy (non-hydrogen) atoms. The van der Waals surface area contributed by atoms with E-state index >= 15 is 0 Å². The summed E-state index contributed by atoms with van der Waals surface area (Å²) in [7, 11) is 0. The van der Waals surface area contributed by atoms with Gasteiger partial charge in [-0.05, 0) is 17.8 Å². The molecule has 0 aromatic rings. The smallest absolute Gasteiger partial charge is 0.236 e. The quantitative estimate of drug-likeness (QED) is 0.414. The molecule has 0 aromatic carbocycles. The Hall–Kier alpha value is -0.570. The van der Waals surface area contributed by atoms with Crippen molar-refractivity contribution in [2.45, 2.75) is 53.9 Å². The number of hydrogen-bond donors (Lipinski definition) is 1. The normalized spacial score (nSPS) is 14.9. The zero-order chi connectivity index (χ0) is 12.7. The fourth-order valence-corrected chi connectivity index (χ4v) is 1.87. The van der Waals surface area contributed by atoms with Crippen LogP contribution in [0.5, 0.6) is 0 Å². The second-order valence-corrected chi connectivity index (χ2v) is 5.20. The molecule has 0 spiro atoms. The zero-order valence-corrected chi connectivity index (χ0v) is 11.5. The molecule has 0 unspecified atom stereocenters. The summed E-state index contributed by atoms with van der Waals surface area (Å²) in [6.45, 7) is 11.4. The van der Waals surface area contributed by atoms with Crippen LogP contribution in [0.15, 0.2) is 0 Å². The lowest BCUT2D eigenvalue weighted by molar-refractivity contribution is -0.133. The molecule has 0 aromatic heterocycles. The topological polar surface area (TPSA) is 46.3 Å². The molecule has 3 heteroatoms. The molecule has 0 aliphatic rings. The number of hydrazine groups is 1. The summed E-state index contributed by atoms with van der Waals surface area (Å²) >= 11 is 0. The van der Waals surface area contributed by atoms with E-state index in [4.69, 9.17) is 5.84 Å². The lowest BCUT2D eigenvalue weighted by atomic mass is 9.89. The van der Waals surface area contributed by atoms with Crippen LogP contribution in [0.3, 0.4) is 0 Å². The molecule has 2 N–H and O–H groups in total. The lowest BCUT2D eigenvalue weighted by Crippen LogP contribution is -2.42. The Bertz CT molecular complexity index is 204. The molecular weight excluding hydrogens is 200 g/mol. The molecule has 96 valence electrons. The van der Waals surface area contributed by atoms with Crippen LogP contribution < -0.4 is 5.84 Å². The van der Waals surface area contributed by atoms with E-state index in [0.717, 1.165) is 12.8 Å². The highest BCUT2D eigenvalue weighted by molar-refractivity contribution is 5.75. The summed E-state index contributed by atoms with van der Waals surface area (Å²) in [6.07, 6.45) is 2.77. The van der Waals surface area contributed by atoms with E-state index in [0.29, 0.717) is 30.7 Å². The molecule has 0 saturated carbocycles. The maximum absolute atomic E-state index is 11.7. The SMILES string of the molecule is CC[C@H](CN(N)C(=O)CC(C)C)[C@@H](C)CC. The van der Waals surface area contributed by atoms with Crippen molar-refractivity contribution >= 4 is 5.91 Å². The van der Waals surface area contributed by atoms with Crippen molar-refractivity contribution < 1.29 is 4.79 Å². The van der Waals surface area contributed by atoms with Gasteiger partial charge in [-0.1, -0.05) is 47.5 Å². The predicted molar refractivity (Wildman–Crippen MR) is 68.6 cm³/mol. The van der Waals surface area contributed by atoms with Gasteiger partial charge in [-0.2, -0.15) is 0 Å². The van der Waals surface area contributed by atoms with Crippen molar-refractivity contribution in [3.05, 3.63) is 0 Å². The Balaban J connectivity index is 4.18. The van der Waals surface area contributed by atoms with Gasteiger partial charge in [0.1, 0.15) is 0 Å². The number of hydrogen-bond acceptors (Lipinski definition) is 2. The number of carbonyl (C=O) groups excluding carboxylic acids is 1. The summed E-state index contributed by atoms with van der Waals surface area (Å²) in [5.74, 6) is 7.41. The first-order chi connectivity index (χ1) is 7.42. The average molecular weight is 228 g/mol. The summed E-state index contributed by atoms with van der Waals surface area (Å²) < 4.78 is 0. The van der Waals surface area contributed by atoms with E-state index in [1.807, 2.05) is 13.8 Å². The Kier molecular flexibility index (Phi) is 7.39. The Labute approximate surface area is 100 Å². The predicted octanol–water partition coefficient (Wildman–Crippen LogP) is 2.81. The van der Waals surface area contributed by atoms with E-state index in [1.165, 1.54) is 5.01 Å². The van der Waals surface area contributed by atoms with Gasteiger partial charge < -0.3 is 0 Å². The largest absolute Gasteiger partial charge is 0.280 e. The van der Waals surface area contributed by atoms with Crippen LogP contribution in [0.2, 0.25) is 0 Å². The van der Waals surface area contributed by atoms with Crippen molar-refractivity contribution in [1.82, 2.24) is 5.01 Å². The fraction of sp³-hybridized carbons (Fsp3) is 0.923. The van der Waals surface area contributed by atoms with Gasteiger partial charge >= 0.3 is 0 Å². The van der Waals surface area contributed by atoms with Gasteiger partial charge in [0.2, 0.25) is 5.91 Å². The summed E-state index contributed by atoms with van der Waals surface area (Å²) in [5.41, 5.74) is 0. The van der Waals surface area contributed by atoms with E-state index in [9.17, 15) is 4.79 Å². The molecular formula is C13H28N2O. The first kappa shape index (κ1) is 15.4. The second-order valence-electron chi connectivity index (χ2n) is 5.20. The minimum atomic E-state index is 0.0664. The van der Waals surface area contributed by atoms with Crippen molar-refractivity contribution in [3.8, 4) is 0 Å². The number of nitrogens with two attached hydrogens (primary N) is 1. The zero-order valence-electron chi connectivity index (χ0n) is 11.5. The van der Waals surface area contributed by atoms with E-state index in [2.05, 4.69) is 20.8 Å². The number of rotatable bonds is 7. The molecule has 0 saturated heterocycles. The fourth-order valence-electron chi connectivity index (χ4n) is 1.87. The highest BCUT2D eigenvalue weighted by atomic mass is 16.2. The first-order valence-corrected chi connectivity index (χ1v) is 6.47. The van der Waals surface area contributed by atoms with Gasteiger partial charge in [0.25, 0.3) is 0 Å². The average Bonchev–Trinajstić information content (AvgIpc) is 2.23. The molecule has 3 nitrogen and oxygen atoms in total. The van der Waals surface area contributed by atoms with Crippen LogP contribution in [0.25, 0.3) is 0 Å². The van der Waals surface area contributed by atoms with Crippen LogP contribution in [0.4, 0.5) is 0 Å². The number of nitrogens with zero attached hydrogens (tertiary/aromatic N) is 1. The van der Waals surface area contributed by atoms with Crippen molar-refractivity contribution in [3.63, 3.8) is 0 Å². The molecule has 0 aliphatic heterocycles. The van der Waals surface area contributed by atoms with Crippen LogP contribution in [0.1, 0.15) is 53.9 Å². The third-order valence-electron chi connectivity index (χ3n) is 3.31. The van der Waals surface area contributed by atoms with Crippen molar-refractivity contribution in [1.29, 1.82) is 0 Å². The Morgan fingerprint density at radius 3 is 2.12 bits per heavy atom. The van der Waals surface area contributed by atoms with E-state index in [-0.39, 0.29) is 5.91 Å². The maximum atomic E-state index is 11.7. The summed E-state index contributed by atoms with van der Waals surface area (Å²) in [5, 5.41) is 1.42. The highest BCUT2D eigenvalue weighted by Crippen LogP contribution is 2.19. The monoisotopic (exact) mass is 228 g/mol. The molecule has 0 aliphatic carbocycles. The maximum Gasteiger partial charge on any atom is 0.236 e. The molecule has 1 amide bonds. The third kappa shape index (κ3) is 5.50. The highest BCUT2D eigenvalue weighted by Gasteiger charge is 2.19. The van der Waals surface area contributed by atoms with Gasteiger partial charge in [-0.15, -0.1) is 0 Å². The molecule has 0 bridgehead atoms. The van der Waals surface area contributed by atoms with Gasteiger partial charge in [-0.3, -0.25) is 9.80 Å². The summed E-state index contributed by atoms with van der Waals surface area (Å²) in [4.78, 5) is 11.7. The molecule has 0 radical (unpaired) electrons. The van der Waals surface area contributed by atoms with Gasteiger partial charge in [0.15, 0.2) is 0 Å². The first-order valence-electron chi connectivity index (χ1n) is 6.47. The van der Waals surface area contributed by atoms with E-state index < -0.39 is 0 Å². The second kappa shape index (κ2) is 7.66. The standard InChI is InChI=1S/C13H28N2O/c1-6-11(5)12(7-2)9-15(14)13(16)8-10(3)4/h10-12H,6-9,14H2,1-5H3/t11-,12+/m0/s1. The van der Waals surface area contributed by atoms with E-state index in [1.54, 1.807) is 0 Å². The van der Waals surface area contributed by atoms with Gasteiger partial charge in [-0.25, -0.2) is 5.84 Å². The van der Waals surface area contributed by atoms with Crippen LogP contribution >= 0.6 is 0 Å². The number of carbonyl (C=O) groups is 1. The minimum absolute atomic E-state index is 0.0664. The Morgan fingerprint density at radius 2 is 1.75 bits per heavy atom. The van der Waals surface area contributed by atoms with Crippen molar-refractivity contribution in [2.24, 2.45) is 23.6 Å². The molecule has 2 atom stereocenters. The minimum Gasteiger partial charge on any atom is -0.280 e. The van der Waals surface area contributed by atoms with Crippen LogP contribution in [-0.2, 0) is 4.79 Å². The Morgan fingerprint density at radius 1 is 1.19 bits per heavy atom.